The fourth-order valence-electron chi connectivity index (χ4n) is 2.06. The molecule has 2 heteroatoms. The lowest BCUT2D eigenvalue weighted by Gasteiger charge is -1.96. The molecule has 0 N–H and O–H groups in total. The number of hydrogen-bond acceptors (Lipinski definition) is 1. The van der Waals surface area contributed by atoms with Crippen LogP contribution in [0.2, 0.25) is 0 Å². The molecule has 1 heterocycles. The van der Waals surface area contributed by atoms with Gasteiger partial charge in [-0.05, 0) is 24.6 Å². The van der Waals surface area contributed by atoms with Gasteiger partial charge >= 0.3 is 0 Å². The number of thiol groups is 1. The van der Waals surface area contributed by atoms with Gasteiger partial charge in [0, 0.05) is 10.8 Å². The average molecular weight is 243 g/mol. The van der Waals surface area contributed by atoms with E-state index in [2.05, 4.69) is 56.1 Å². The second kappa shape index (κ2) is 4.84. The SMILES string of the molecule is CC.Cc1ccc2c3ccccc3n(S)c2c1. The molecule has 0 radical (unpaired) electrons. The molecule has 0 spiro atoms. The maximum Gasteiger partial charge on any atom is 0.0604 e. The molecule has 0 bridgehead atoms. The smallest absolute Gasteiger partial charge is 0.0604 e. The van der Waals surface area contributed by atoms with E-state index in [0.29, 0.717) is 0 Å². The average Bonchev–Trinajstić information content (AvgIpc) is 2.66. The van der Waals surface area contributed by atoms with E-state index in [-0.39, 0.29) is 0 Å². The number of fused-ring (bicyclic) bond motifs is 3. The molecule has 0 fully saturated rings. The molecule has 0 saturated heterocycles. The van der Waals surface area contributed by atoms with E-state index in [4.69, 9.17) is 0 Å². The maximum absolute atomic E-state index is 4.53. The fourth-order valence-corrected chi connectivity index (χ4v) is 2.40. The van der Waals surface area contributed by atoms with Crippen molar-refractivity contribution < 1.29 is 0 Å². The zero-order chi connectivity index (χ0) is 12.4. The van der Waals surface area contributed by atoms with Crippen LogP contribution >= 0.6 is 12.8 Å². The Labute approximate surface area is 108 Å². The van der Waals surface area contributed by atoms with E-state index in [1.807, 2.05) is 23.9 Å². The number of benzene rings is 2. The summed E-state index contributed by atoms with van der Waals surface area (Å²) >= 11 is 4.53. The van der Waals surface area contributed by atoms with Gasteiger partial charge < -0.3 is 0 Å². The monoisotopic (exact) mass is 243 g/mol. The topological polar surface area (TPSA) is 4.93 Å². The van der Waals surface area contributed by atoms with Gasteiger partial charge in [-0.1, -0.05) is 57.0 Å². The Kier molecular flexibility index (Phi) is 3.43. The zero-order valence-corrected chi connectivity index (χ0v) is 11.3. The van der Waals surface area contributed by atoms with E-state index in [9.17, 15) is 0 Å². The molecule has 17 heavy (non-hydrogen) atoms. The molecule has 0 aliphatic carbocycles. The number of aromatic nitrogens is 1. The largest absolute Gasteiger partial charge is 0.286 e. The van der Waals surface area contributed by atoms with Crippen LogP contribution < -0.4 is 0 Å². The Morgan fingerprint density at radius 2 is 1.53 bits per heavy atom. The highest BCUT2D eigenvalue weighted by Gasteiger charge is 2.07. The Bertz CT molecular complexity index is 652. The Morgan fingerprint density at radius 3 is 2.29 bits per heavy atom. The minimum atomic E-state index is 1.17. The summed E-state index contributed by atoms with van der Waals surface area (Å²) in [6.07, 6.45) is 0. The first kappa shape index (κ1) is 12.1. The fraction of sp³-hybridized carbons (Fsp3) is 0.200. The van der Waals surface area contributed by atoms with Gasteiger partial charge in [0.25, 0.3) is 0 Å². The van der Waals surface area contributed by atoms with Gasteiger partial charge in [-0.15, -0.1) is 0 Å². The maximum atomic E-state index is 4.53. The van der Waals surface area contributed by atoms with Gasteiger partial charge in [-0.2, -0.15) is 0 Å². The van der Waals surface area contributed by atoms with E-state index in [1.54, 1.807) is 0 Å². The molecule has 88 valence electrons. The summed E-state index contributed by atoms with van der Waals surface area (Å²) in [6.45, 7) is 6.10. The van der Waals surface area contributed by atoms with Crippen LogP contribution in [-0.4, -0.2) is 3.97 Å². The van der Waals surface area contributed by atoms with Crippen LogP contribution in [0.5, 0.6) is 0 Å². The lowest BCUT2D eigenvalue weighted by molar-refractivity contribution is 1.41. The van der Waals surface area contributed by atoms with Crippen molar-refractivity contribution >= 4 is 34.6 Å². The molecule has 1 aromatic heterocycles. The molecular weight excluding hydrogens is 226 g/mol. The number of para-hydroxylation sites is 1. The van der Waals surface area contributed by atoms with Crippen molar-refractivity contribution in [2.75, 3.05) is 0 Å². The van der Waals surface area contributed by atoms with Crippen molar-refractivity contribution in [1.82, 2.24) is 3.97 Å². The number of nitrogens with zero attached hydrogens (tertiary/aromatic N) is 1. The summed E-state index contributed by atoms with van der Waals surface area (Å²) in [4.78, 5) is 0. The zero-order valence-electron chi connectivity index (χ0n) is 10.4. The van der Waals surface area contributed by atoms with E-state index < -0.39 is 0 Å². The van der Waals surface area contributed by atoms with Gasteiger partial charge in [-0.3, -0.25) is 3.97 Å². The second-order valence-corrected chi connectivity index (χ2v) is 4.25. The van der Waals surface area contributed by atoms with Gasteiger partial charge in [-0.25, -0.2) is 0 Å². The van der Waals surface area contributed by atoms with Crippen LogP contribution in [0.3, 0.4) is 0 Å². The van der Waals surface area contributed by atoms with Gasteiger partial charge in [0.05, 0.1) is 11.0 Å². The minimum absolute atomic E-state index is 1.17. The number of rotatable bonds is 0. The highest BCUT2D eigenvalue weighted by Crippen LogP contribution is 2.29. The highest BCUT2D eigenvalue weighted by atomic mass is 32.1. The molecule has 3 aromatic rings. The van der Waals surface area contributed by atoms with Crippen LogP contribution in [0.15, 0.2) is 42.5 Å². The predicted octanol–water partition coefficient (Wildman–Crippen LogP) is 4.82. The van der Waals surface area contributed by atoms with Crippen LogP contribution in [-0.2, 0) is 0 Å². The molecule has 2 aromatic carbocycles. The van der Waals surface area contributed by atoms with Crippen molar-refractivity contribution in [2.45, 2.75) is 20.8 Å². The van der Waals surface area contributed by atoms with Crippen molar-refractivity contribution in [3.63, 3.8) is 0 Å². The summed E-state index contributed by atoms with van der Waals surface area (Å²) in [5, 5.41) is 2.54. The summed E-state index contributed by atoms with van der Waals surface area (Å²) in [6, 6.07) is 14.8. The van der Waals surface area contributed by atoms with Crippen LogP contribution in [0.25, 0.3) is 21.8 Å². The first-order chi connectivity index (χ1) is 8.27. The van der Waals surface area contributed by atoms with Crippen molar-refractivity contribution in [3.05, 3.63) is 48.0 Å². The Morgan fingerprint density at radius 1 is 0.882 bits per heavy atom. The third-order valence-corrected chi connectivity index (χ3v) is 3.23. The van der Waals surface area contributed by atoms with Gasteiger partial charge in [0.1, 0.15) is 0 Å². The molecule has 0 atom stereocenters. The third kappa shape index (κ3) is 1.93. The molecule has 0 unspecified atom stereocenters. The van der Waals surface area contributed by atoms with Gasteiger partial charge in [0.15, 0.2) is 0 Å². The standard InChI is InChI=1S/C13H11NS.C2H6/c1-9-6-7-11-10-4-2-3-5-12(10)14(15)13(11)8-9;1-2/h2-8,15H,1H3;1-2H3. The first-order valence-corrected chi connectivity index (χ1v) is 6.36. The van der Waals surface area contributed by atoms with E-state index >= 15 is 0 Å². The summed E-state index contributed by atoms with van der Waals surface area (Å²) in [5.41, 5.74) is 3.61. The molecule has 1 nitrogen and oxygen atoms in total. The van der Waals surface area contributed by atoms with Crippen molar-refractivity contribution in [1.29, 1.82) is 0 Å². The van der Waals surface area contributed by atoms with Crippen molar-refractivity contribution in [3.8, 4) is 0 Å². The van der Waals surface area contributed by atoms with Crippen LogP contribution in [0, 0.1) is 6.92 Å². The molecular formula is C15H17NS. The summed E-state index contributed by atoms with van der Waals surface area (Å²) in [7, 11) is 0. The molecule has 3 rings (SSSR count). The molecule has 0 amide bonds. The number of aryl methyl sites for hydroxylation is 1. The van der Waals surface area contributed by atoms with Gasteiger partial charge in [0.2, 0.25) is 0 Å². The molecule has 0 aliphatic heterocycles. The Hall–Kier alpha value is -1.41. The molecule has 0 saturated carbocycles. The third-order valence-electron chi connectivity index (χ3n) is 2.80. The summed E-state index contributed by atoms with van der Waals surface area (Å²) in [5.74, 6) is 0. The van der Waals surface area contributed by atoms with Crippen LogP contribution in [0.4, 0.5) is 0 Å². The highest BCUT2D eigenvalue weighted by molar-refractivity contribution is 7.79. The quantitative estimate of drug-likeness (QED) is 0.540. The van der Waals surface area contributed by atoms with Crippen molar-refractivity contribution in [2.24, 2.45) is 0 Å². The molecule has 0 aliphatic rings. The lowest BCUT2D eigenvalue weighted by atomic mass is 10.1. The Balaban J connectivity index is 0.000000514. The predicted molar refractivity (Wildman–Crippen MR) is 79.9 cm³/mol. The first-order valence-electron chi connectivity index (χ1n) is 5.96. The summed E-state index contributed by atoms with van der Waals surface area (Å²) < 4.78 is 1.96. The second-order valence-electron chi connectivity index (χ2n) is 3.85. The van der Waals surface area contributed by atoms with E-state index in [0.717, 1.165) is 0 Å². The lowest BCUT2D eigenvalue weighted by Crippen LogP contribution is -1.79. The number of hydrogen-bond donors (Lipinski definition) is 1. The van der Waals surface area contributed by atoms with Crippen LogP contribution in [0.1, 0.15) is 19.4 Å². The van der Waals surface area contributed by atoms with E-state index in [1.165, 1.54) is 27.4 Å². The normalized spacial score (nSPS) is 10.4. The minimum Gasteiger partial charge on any atom is -0.286 e.